The van der Waals surface area contributed by atoms with Crippen LogP contribution in [0.5, 0.6) is 0 Å². The zero-order valence-corrected chi connectivity index (χ0v) is 9.34. The first-order valence-electron chi connectivity index (χ1n) is 4.90. The molecule has 0 spiro atoms. The third kappa shape index (κ3) is 2.85. The first kappa shape index (κ1) is 11.3. The zero-order valence-electron chi connectivity index (χ0n) is 8.59. The second-order valence-electron chi connectivity index (χ2n) is 3.60. The lowest BCUT2D eigenvalue weighted by Gasteiger charge is -2.06. The number of carbonyl (C=O) groups is 1. The normalized spacial score (nSPS) is 12.5. The van der Waals surface area contributed by atoms with Crippen LogP contribution in [-0.2, 0) is 17.6 Å². The molecule has 1 rings (SSSR count). The maximum atomic E-state index is 10.5. The molecule has 0 aromatic heterocycles. The summed E-state index contributed by atoms with van der Waals surface area (Å²) in [5, 5.41) is 0.808. The van der Waals surface area contributed by atoms with Gasteiger partial charge in [-0.05, 0) is 30.0 Å². The summed E-state index contributed by atoms with van der Waals surface area (Å²) in [6.07, 6.45) is 2.69. The second-order valence-corrected chi connectivity index (χ2v) is 4.00. The van der Waals surface area contributed by atoms with Gasteiger partial charge < -0.3 is 4.79 Å². The van der Waals surface area contributed by atoms with Crippen LogP contribution in [0, 0.1) is 5.92 Å². The summed E-state index contributed by atoms with van der Waals surface area (Å²) >= 11 is 6.07. The van der Waals surface area contributed by atoms with Crippen LogP contribution >= 0.6 is 11.6 Å². The van der Waals surface area contributed by atoms with E-state index < -0.39 is 0 Å². The maximum Gasteiger partial charge on any atom is 0.123 e. The number of hydrogen-bond donors (Lipinski definition) is 0. The minimum atomic E-state index is 0.0681. The largest absolute Gasteiger partial charge is 0.303 e. The van der Waals surface area contributed by atoms with E-state index >= 15 is 0 Å². The summed E-state index contributed by atoms with van der Waals surface area (Å²) in [6.45, 7) is 3.99. The summed E-state index contributed by atoms with van der Waals surface area (Å²) in [6, 6.07) is 6.04. The first-order valence-corrected chi connectivity index (χ1v) is 5.27. The van der Waals surface area contributed by atoms with E-state index in [0.717, 1.165) is 35.3 Å². The van der Waals surface area contributed by atoms with E-state index in [1.807, 2.05) is 25.1 Å². The van der Waals surface area contributed by atoms with Crippen LogP contribution in [-0.4, -0.2) is 6.29 Å². The number of rotatable bonds is 4. The van der Waals surface area contributed by atoms with Crippen molar-refractivity contribution < 1.29 is 4.79 Å². The van der Waals surface area contributed by atoms with E-state index in [2.05, 4.69) is 6.92 Å². The highest BCUT2D eigenvalue weighted by atomic mass is 35.5. The van der Waals surface area contributed by atoms with Crippen molar-refractivity contribution in [1.82, 2.24) is 0 Å². The average Bonchev–Trinajstić information content (AvgIpc) is 2.18. The molecule has 14 heavy (non-hydrogen) atoms. The van der Waals surface area contributed by atoms with Gasteiger partial charge in [0.15, 0.2) is 0 Å². The van der Waals surface area contributed by atoms with E-state index in [1.165, 1.54) is 0 Å². The SMILES string of the molecule is CCc1ccc(CC(C)C=O)cc1Cl. The van der Waals surface area contributed by atoms with Gasteiger partial charge in [0.25, 0.3) is 0 Å². The molecule has 0 aliphatic rings. The number of aryl methyl sites for hydroxylation is 1. The quantitative estimate of drug-likeness (QED) is 0.698. The van der Waals surface area contributed by atoms with Gasteiger partial charge in [-0.15, -0.1) is 0 Å². The smallest absolute Gasteiger partial charge is 0.123 e. The highest BCUT2D eigenvalue weighted by Gasteiger charge is 2.04. The van der Waals surface area contributed by atoms with E-state index in [0.29, 0.717) is 0 Å². The molecular weight excluding hydrogens is 196 g/mol. The van der Waals surface area contributed by atoms with Crippen LogP contribution in [0.25, 0.3) is 0 Å². The number of carbonyl (C=O) groups excluding carboxylic acids is 1. The molecule has 0 radical (unpaired) electrons. The van der Waals surface area contributed by atoms with Crippen molar-refractivity contribution in [2.75, 3.05) is 0 Å². The highest BCUT2D eigenvalue weighted by molar-refractivity contribution is 6.31. The predicted octanol–water partition coefficient (Wildman–Crippen LogP) is 3.28. The Morgan fingerprint density at radius 2 is 2.21 bits per heavy atom. The Labute approximate surface area is 90.1 Å². The lowest BCUT2D eigenvalue weighted by molar-refractivity contribution is -0.110. The molecule has 76 valence electrons. The Balaban J connectivity index is 2.80. The van der Waals surface area contributed by atoms with Crippen LogP contribution < -0.4 is 0 Å². The third-order valence-electron chi connectivity index (χ3n) is 2.29. The van der Waals surface area contributed by atoms with Crippen LogP contribution in [0.4, 0.5) is 0 Å². The molecule has 1 nitrogen and oxygen atoms in total. The first-order chi connectivity index (χ1) is 6.67. The Morgan fingerprint density at radius 1 is 1.50 bits per heavy atom. The summed E-state index contributed by atoms with van der Waals surface area (Å²) in [7, 11) is 0. The number of benzene rings is 1. The predicted molar refractivity (Wildman–Crippen MR) is 59.8 cm³/mol. The summed E-state index contributed by atoms with van der Waals surface area (Å²) in [4.78, 5) is 10.5. The topological polar surface area (TPSA) is 17.1 Å². The Kier molecular flexibility index (Phi) is 4.15. The van der Waals surface area contributed by atoms with Crippen molar-refractivity contribution in [2.45, 2.75) is 26.7 Å². The van der Waals surface area contributed by atoms with Gasteiger partial charge in [0.2, 0.25) is 0 Å². The van der Waals surface area contributed by atoms with Crippen molar-refractivity contribution >= 4 is 17.9 Å². The Hall–Kier alpha value is -0.820. The van der Waals surface area contributed by atoms with Crippen molar-refractivity contribution in [3.05, 3.63) is 34.3 Å². The lowest BCUT2D eigenvalue weighted by Crippen LogP contribution is -2.00. The second kappa shape index (κ2) is 5.16. The molecule has 0 aliphatic carbocycles. The molecule has 1 atom stereocenters. The molecule has 2 heteroatoms. The minimum Gasteiger partial charge on any atom is -0.303 e. The van der Waals surface area contributed by atoms with Gasteiger partial charge >= 0.3 is 0 Å². The van der Waals surface area contributed by atoms with Gasteiger partial charge in [0.05, 0.1) is 0 Å². The standard InChI is InChI=1S/C12H15ClO/c1-3-11-5-4-10(7-12(11)13)6-9(2)8-14/h4-5,7-9H,3,6H2,1-2H3. The molecular formula is C12H15ClO. The molecule has 0 amide bonds. The van der Waals surface area contributed by atoms with E-state index in [-0.39, 0.29) is 5.92 Å². The van der Waals surface area contributed by atoms with Crippen molar-refractivity contribution in [3.63, 3.8) is 0 Å². The Morgan fingerprint density at radius 3 is 2.71 bits per heavy atom. The zero-order chi connectivity index (χ0) is 10.6. The molecule has 1 aromatic rings. The minimum absolute atomic E-state index is 0.0681. The fourth-order valence-electron chi connectivity index (χ4n) is 1.42. The fourth-order valence-corrected chi connectivity index (χ4v) is 1.76. The van der Waals surface area contributed by atoms with Crippen LogP contribution in [0.15, 0.2) is 18.2 Å². The molecule has 0 bridgehead atoms. The van der Waals surface area contributed by atoms with Crippen molar-refractivity contribution in [3.8, 4) is 0 Å². The van der Waals surface area contributed by atoms with Crippen LogP contribution in [0.3, 0.4) is 0 Å². The molecule has 0 aliphatic heterocycles. The maximum absolute atomic E-state index is 10.5. The summed E-state index contributed by atoms with van der Waals surface area (Å²) in [5.74, 6) is 0.0681. The van der Waals surface area contributed by atoms with Gasteiger partial charge in [-0.3, -0.25) is 0 Å². The van der Waals surface area contributed by atoms with Crippen LogP contribution in [0.1, 0.15) is 25.0 Å². The monoisotopic (exact) mass is 210 g/mol. The fraction of sp³-hybridized carbons (Fsp3) is 0.417. The van der Waals surface area contributed by atoms with E-state index in [9.17, 15) is 4.79 Å². The lowest BCUT2D eigenvalue weighted by atomic mass is 10.0. The van der Waals surface area contributed by atoms with E-state index in [1.54, 1.807) is 0 Å². The van der Waals surface area contributed by atoms with Gasteiger partial charge in [-0.25, -0.2) is 0 Å². The number of halogens is 1. The number of aldehydes is 1. The van der Waals surface area contributed by atoms with Gasteiger partial charge in [0.1, 0.15) is 6.29 Å². The Bertz CT molecular complexity index is 320. The summed E-state index contributed by atoms with van der Waals surface area (Å²) < 4.78 is 0. The molecule has 0 saturated heterocycles. The van der Waals surface area contributed by atoms with Gasteiger partial charge in [-0.1, -0.05) is 37.6 Å². The highest BCUT2D eigenvalue weighted by Crippen LogP contribution is 2.19. The third-order valence-corrected chi connectivity index (χ3v) is 2.64. The van der Waals surface area contributed by atoms with Gasteiger partial charge in [-0.2, -0.15) is 0 Å². The molecule has 1 aromatic carbocycles. The number of hydrogen-bond acceptors (Lipinski definition) is 1. The van der Waals surface area contributed by atoms with Crippen molar-refractivity contribution in [1.29, 1.82) is 0 Å². The molecule has 0 fully saturated rings. The molecule has 0 saturated carbocycles. The summed E-state index contributed by atoms with van der Waals surface area (Å²) in [5.41, 5.74) is 2.29. The average molecular weight is 211 g/mol. The van der Waals surface area contributed by atoms with E-state index in [4.69, 9.17) is 11.6 Å². The molecule has 0 N–H and O–H groups in total. The van der Waals surface area contributed by atoms with Crippen LogP contribution in [0.2, 0.25) is 5.02 Å². The molecule has 0 heterocycles. The van der Waals surface area contributed by atoms with Crippen molar-refractivity contribution in [2.24, 2.45) is 5.92 Å². The van der Waals surface area contributed by atoms with Gasteiger partial charge in [0, 0.05) is 10.9 Å². The molecule has 1 unspecified atom stereocenters.